The second kappa shape index (κ2) is 10.5. The lowest BCUT2D eigenvalue weighted by molar-refractivity contribution is 0.891. The first-order valence-electron chi connectivity index (χ1n) is 8.24. The van der Waals surface area contributed by atoms with Crippen LogP contribution in [0, 0.1) is 5.92 Å². The molecule has 130 valence electrons. The van der Waals surface area contributed by atoms with Crippen molar-refractivity contribution in [2.75, 3.05) is 31.3 Å². The van der Waals surface area contributed by atoms with E-state index in [0.29, 0.717) is 5.92 Å². The third kappa shape index (κ3) is 5.46. The largest absolute Gasteiger partial charge is 0.370 e. The molecule has 1 atom stereocenters. The molecular formula is C20H24I3N. The minimum absolute atomic E-state index is 0.545. The van der Waals surface area contributed by atoms with Crippen LogP contribution in [-0.4, -0.2) is 26.4 Å². The van der Waals surface area contributed by atoms with E-state index in [0.717, 1.165) is 26.4 Å². The SMILES string of the molecule is C/C(=C1\C=CC(C)C=C1CI)c1ccc(N(CCI)CCI)cc1. The maximum absolute atomic E-state index is 2.48. The highest BCUT2D eigenvalue weighted by atomic mass is 127. The van der Waals surface area contributed by atoms with Crippen molar-refractivity contribution >= 4 is 79.0 Å². The van der Waals surface area contributed by atoms with Gasteiger partial charge in [-0.1, -0.05) is 105 Å². The van der Waals surface area contributed by atoms with Crippen molar-refractivity contribution in [1.82, 2.24) is 0 Å². The van der Waals surface area contributed by atoms with E-state index in [1.807, 2.05) is 0 Å². The number of benzene rings is 1. The highest BCUT2D eigenvalue weighted by molar-refractivity contribution is 14.1. The summed E-state index contributed by atoms with van der Waals surface area (Å²) in [5, 5.41) is 0. The zero-order chi connectivity index (χ0) is 17.5. The van der Waals surface area contributed by atoms with Crippen LogP contribution in [0.5, 0.6) is 0 Å². The number of allylic oxidation sites excluding steroid dienone is 6. The summed E-state index contributed by atoms with van der Waals surface area (Å²) in [6.45, 7) is 6.73. The van der Waals surface area contributed by atoms with E-state index >= 15 is 0 Å². The van der Waals surface area contributed by atoms with Crippen LogP contribution < -0.4 is 4.90 Å². The van der Waals surface area contributed by atoms with Crippen LogP contribution in [0.4, 0.5) is 5.69 Å². The molecule has 0 aromatic heterocycles. The normalized spacial score (nSPS) is 19.2. The highest BCUT2D eigenvalue weighted by Crippen LogP contribution is 2.31. The molecule has 0 spiro atoms. The number of nitrogens with zero attached hydrogens (tertiary/aromatic N) is 1. The summed E-state index contributed by atoms with van der Waals surface area (Å²) < 4.78 is 3.38. The maximum Gasteiger partial charge on any atom is 0.0367 e. The average Bonchev–Trinajstić information content (AvgIpc) is 2.61. The summed E-state index contributed by atoms with van der Waals surface area (Å²) >= 11 is 7.39. The van der Waals surface area contributed by atoms with Gasteiger partial charge in [-0.25, -0.2) is 0 Å². The summed E-state index contributed by atoms with van der Waals surface area (Å²) in [5.41, 5.74) is 6.90. The molecule has 1 aromatic rings. The van der Waals surface area contributed by atoms with Gasteiger partial charge < -0.3 is 4.90 Å². The standard InChI is InChI=1S/C20H24I3N/c1-15-3-8-20(18(13-15)14-23)16(2)17-4-6-19(7-5-17)24(11-9-21)12-10-22/h3-8,13,15H,9-12,14H2,1-2H3/b20-16-. The van der Waals surface area contributed by atoms with Gasteiger partial charge in [-0.15, -0.1) is 0 Å². The Morgan fingerprint density at radius 2 is 1.67 bits per heavy atom. The fourth-order valence-corrected chi connectivity index (χ4v) is 4.78. The lowest BCUT2D eigenvalue weighted by atomic mass is 9.89. The van der Waals surface area contributed by atoms with Crippen molar-refractivity contribution < 1.29 is 0 Å². The first-order valence-corrected chi connectivity index (χ1v) is 12.8. The lowest BCUT2D eigenvalue weighted by Crippen LogP contribution is -2.27. The summed E-state index contributed by atoms with van der Waals surface area (Å²) in [4.78, 5) is 2.48. The molecule has 0 saturated carbocycles. The highest BCUT2D eigenvalue weighted by Gasteiger charge is 2.13. The Morgan fingerprint density at radius 3 is 2.21 bits per heavy atom. The van der Waals surface area contributed by atoms with Crippen LogP contribution in [0.15, 0.2) is 53.6 Å². The zero-order valence-corrected chi connectivity index (χ0v) is 20.7. The molecule has 1 nitrogen and oxygen atoms in total. The molecule has 24 heavy (non-hydrogen) atoms. The van der Waals surface area contributed by atoms with Gasteiger partial charge in [0.15, 0.2) is 0 Å². The Balaban J connectivity index is 2.28. The lowest BCUT2D eigenvalue weighted by Gasteiger charge is -2.23. The van der Waals surface area contributed by atoms with Gasteiger partial charge in [0, 0.05) is 32.1 Å². The molecule has 1 unspecified atom stereocenters. The monoisotopic (exact) mass is 659 g/mol. The second-order valence-electron chi connectivity index (χ2n) is 5.99. The molecule has 1 aliphatic carbocycles. The molecule has 0 heterocycles. The van der Waals surface area contributed by atoms with Crippen LogP contribution in [-0.2, 0) is 0 Å². The molecular weight excluding hydrogens is 635 g/mol. The molecule has 4 heteroatoms. The second-order valence-corrected chi connectivity index (χ2v) is 8.91. The van der Waals surface area contributed by atoms with E-state index in [1.54, 1.807) is 0 Å². The number of hydrogen-bond acceptors (Lipinski definition) is 1. The van der Waals surface area contributed by atoms with Gasteiger partial charge in [-0.05, 0) is 47.3 Å². The maximum atomic E-state index is 2.48. The Labute approximate surface area is 187 Å². The summed E-state index contributed by atoms with van der Waals surface area (Å²) in [6.07, 6.45) is 6.99. The number of hydrogen-bond donors (Lipinski definition) is 0. The van der Waals surface area contributed by atoms with Crippen LogP contribution in [0.2, 0.25) is 0 Å². The van der Waals surface area contributed by atoms with Gasteiger partial charge in [-0.2, -0.15) is 0 Å². The molecule has 0 radical (unpaired) electrons. The van der Waals surface area contributed by atoms with E-state index in [1.165, 1.54) is 28.0 Å². The zero-order valence-electron chi connectivity index (χ0n) is 14.2. The van der Waals surface area contributed by atoms with Crippen LogP contribution in [0.3, 0.4) is 0 Å². The predicted octanol–water partition coefficient (Wildman–Crippen LogP) is 6.70. The molecule has 0 fully saturated rings. The van der Waals surface area contributed by atoms with E-state index in [2.05, 4.69) is 129 Å². The topological polar surface area (TPSA) is 3.24 Å². The molecule has 2 rings (SSSR count). The first kappa shape index (κ1) is 20.7. The number of rotatable bonds is 7. The van der Waals surface area contributed by atoms with Crippen LogP contribution in [0.1, 0.15) is 19.4 Å². The minimum atomic E-state index is 0.545. The molecule has 0 N–H and O–H groups in total. The fraction of sp³-hybridized carbons (Fsp3) is 0.400. The van der Waals surface area contributed by atoms with Gasteiger partial charge in [0.05, 0.1) is 0 Å². The van der Waals surface area contributed by atoms with Crippen molar-refractivity contribution in [1.29, 1.82) is 0 Å². The number of alkyl halides is 3. The molecule has 1 aliphatic rings. The first-order chi connectivity index (χ1) is 11.6. The summed E-state index contributed by atoms with van der Waals surface area (Å²) in [5.74, 6) is 0.545. The molecule has 0 aliphatic heterocycles. The predicted molar refractivity (Wildman–Crippen MR) is 134 cm³/mol. The van der Waals surface area contributed by atoms with Crippen molar-refractivity contribution in [2.24, 2.45) is 5.92 Å². The Bertz CT molecular complexity index is 623. The van der Waals surface area contributed by atoms with E-state index in [9.17, 15) is 0 Å². The third-order valence-electron chi connectivity index (χ3n) is 4.30. The van der Waals surface area contributed by atoms with Crippen LogP contribution in [0.25, 0.3) is 5.57 Å². The van der Waals surface area contributed by atoms with Gasteiger partial charge in [0.25, 0.3) is 0 Å². The summed E-state index contributed by atoms with van der Waals surface area (Å²) in [6, 6.07) is 9.12. The Hall–Kier alpha value is 0.430. The van der Waals surface area contributed by atoms with Crippen molar-refractivity contribution in [2.45, 2.75) is 13.8 Å². The molecule has 0 amide bonds. The summed E-state index contributed by atoms with van der Waals surface area (Å²) in [7, 11) is 0. The quantitative estimate of drug-likeness (QED) is 0.233. The molecule has 0 bridgehead atoms. The van der Waals surface area contributed by atoms with Crippen molar-refractivity contribution in [3.05, 3.63) is 59.2 Å². The average molecular weight is 659 g/mol. The van der Waals surface area contributed by atoms with Gasteiger partial charge in [0.1, 0.15) is 0 Å². The van der Waals surface area contributed by atoms with Crippen LogP contribution >= 0.6 is 67.8 Å². The fourth-order valence-electron chi connectivity index (χ4n) is 2.95. The Morgan fingerprint density at radius 1 is 1.04 bits per heavy atom. The van der Waals surface area contributed by atoms with E-state index in [-0.39, 0.29) is 0 Å². The number of halogens is 3. The minimum Gasteiger partial charge on any atom is -0.370 e. The van der Waals surface area contributed by atoms with E-state index < -0.39 is 0 Å². The van der Waals surface area contributed by atoms with E-state index in [4.69, 9.17) is 0 Å². The third-order valence-corrected chi connectivity index (χ3v) is 6.09. The molecule has 0 saturated heterocycles. The smallest absolute Gasteiger partial charge is 0.0367 e. The van der Waals surface area contributed by atoms with Gasteiger partial charge in [-0.3, -0.25) is 0 Å². The van der Waals surface area contributed by atoms with Crippen molar-refractivity contribution in [3.63, 3.8) is 0 Å². The number of anilines is 1. The van der Waals surface area contributed by atoms with Gasteiger partial charge >= 0.3 is 0 Å². The Kier molecular flexibility index (Phi) is 9.11. The molecule has 1 aromatic carbocycles. The van der Waals surface area contributed by atoms with Gasteiger partial charge in [0.2, 0.25) is 0 Å². The van der Waals surface area contributed by atoms with Crippen molar-refractivity contribution in [3.8, 4) is 0 Å².